The van der Waals surface area contributed by atoms with Crippen LogP contribution in [0.3, 0.4) is 0 Å². The standard InChI is InChI=1S/C20H22ClNOS/c1-14(16-10-9-15-6-4-7-17(15)11-16)22-20(23)13-24-12-18-5-2-3-8-19(18)21/h2-3,5,8-11,14H,4,6-7,12-13H2,1H3,(H,22,23)/t14-/m1/s1. The highest BCUT2D eigenvalue weighted by Crippen LogP contribution is 2.25. The molecule has 1 atom stereocenters. The fraction of sp³-hybridized carbons (Fsp3) is 0.350. The second-order valence-corrected chi connectivity index (χ2v) is 7.65. The molecule has 2 aromatic rings. The van der Waals surface area contributed by atoms with E-state index in [9.17, 15) is 4.79 Å². The number of hydrogen-bond donors (Lipinski definition) is 1. The number of fused-ring (bicyclic) bond motifs is 1. The molecule has 0 spiro atoms. The van der Waals surface area contributed by atoms with Crippen molar-refractivity contribution in [2.75, 3.05) is 5.75 Å². The molecule has 0 bridgehead atoms. The van der Waals surface area contributed by atoms with Crippen LogP contribution in [-0.4, -0.2) is 11.7 Å². The Bertz CT molecular complexity index is 731. The summed E-state index contributed by atoms with van der Waals surface area (Å²) in [5, 5.41) is 3.86. The van der Waals surface area contributed by atoms with E-state index in [0.29, 0.717) is 5.75 Å². The van der Waals surface area contributed by atoms with Crippen LogP contribution in [0.4, 0.5) is 0 Å². The van der Waals surface area contributed by atoms with Gasteiger partial charge in [0.1, 0.15) is 0 Å². The zero-order chi connectivity index (χ0) is 16.9. The van der Waals surface area contributed by atoms with Gasteiger partial charge in [-0.3, -0.25) is 4.79 Å². The Morgan fingerprint density at radius 1 is 1.21 bits per heavy atom. The van der Waals surface area contributed by atoms with Crippen LogP contribution in [-0.2, 0) is 23.4 Å². The number of amides is 1. The Labute approximate surface area is 153 Å². The lowest BCUT2D eigenvalue weighted by molar-refractivity contribution is -0.119. The van der Waals surface area contributed by atoms with Gasteiger partial charge < -0.3 is 5.32 Å². The van der Waals surface area contributed by atoms with Crippen molar-refractivity contribution in [1.82, 2.24) is 5.32 Å². The van der Waals surface area contributed by atoms with E-state index in [2.05, 4.69) is 23.5 Å². The SMILES string of the molecule is C[C@@H](NC(=O)CSCc1ccccc1Cl)c1ccc2c(c1)CCC2. The van der Waals surface area contributed by atoms with Crippen molar-refractivity contribution >= 4 is 29.3 Å². The fourth-order valence-electron chi connectivity index (χ4n) is 3.10. The van der Waals surface area contributed by atoms with Crippen LogP contribution in [0.5, 0.6) is 0 Å². The summed E-state index contributed by atoms with van der Waals surface area (Å²) in [6.45, 7) is 2.05. The van der Waals surface area contributed by atoms with Gasteiger partial charge in [0, 0.05) is 10.8 Å². The van der Waals surface area contributed by atoms with Crippen molar-refractivity contribution in [3.8, 4) is 0 Å². The van der Waals surface area contributed by atoms with Crippen molar-refractivity contribution in [2.24, 2.45) is 0 Å². The molecular formula is C20H22ClNOS. The monoisotopic (exact) mass is 359 g/mol. The van der Waals surface area contributed by atoms with Gasteiger partial charge in [0.25, 0.3) is 0 Å². The lowest BCUT2D eigenvalue weighted by Gasteiger charge is -2.15. The zero-order valence-corrected chi connectivity index (χ0v) is 15.4. The predicted molar refractivity (Wildman–Crippen MR) is 103 cm³/mol. The highest BCUT2D eigenvalue weighted by molar-refractivity contribution is 7.99. The Balaban J connectivity index is 1.48. The molecule has 4 heteroatoms. The maximum absolute atomic E-state index is 12.2. The van der Waals surface area contributed by atoms with Crippen molar-refractivity contribution in [2.45, 2.75) is 38.0 Å². The van der Waals surface area contributed by atoms with E-state index in [-0.39, 0.29) is 11.9 Å². The number of halogens is 1. The lowest BCUT2D eigenvalue weighted by atomic mass is 10.0. The Morgan fingerprint density at radius 2 is 2.00 bits per heavy atom. The predicted octanol–water partition coefficient (Wildman–Crippen LogP) is 4.94. The van der Waals surface area contributed by atoms with Gasteiger partial charge in [-0.1, -0.05) is 48.0 Å². The second kappa shape index (κ2) is 8.09. The Kier molecular flexibility index (Phi) is 5.85. The minimum Gasteiger partial charge on any atom is -0.349 e. The van der Waals surface area contributed by atoms with Crippen LogP contribution in [0.15, 0.2) is 42.5 Å². The fourth-order valence-corrected chi connectivity index (χ4v) is 4.22. The molecule has 24 heavy (non-hydrogen) atoms. The quantitative estimate of drug-likeness (QED) is 0.791. The molecule has 0 saturated heterocycles. The van der Waals surface area contributed by atoms with Gasteiger partial charge in [0.05, 0.1) is 11.8 Å². The molecule has 0 aromatic heterocycles. The molecule has 2 aromatic carbocycles. The summed E-state index contributed by atoms with van der Waals surface area (Å²) >= 11 is 7.73. The van der Waals surface area contributed by atoms with Gasteiger partial charge in [-0.05, 0) is 54.5 Å². The van der Waals surface area contributed by atoms with Gasteiger partial charge in [0.15, 0.2) is 0 Å². The van der Waals surface area contributed by atoms with Crippen LogP contribution in [0.2, 0.25) is 5.02 Å². The minimum absolute atomic E-state index is 0.0457. The van der Waals surface area contributed by atoms with Crippen molar-refractivity contribution < 1.29 is 4.79 Å². The van der Waals surface area contributed by atoms with Crippen LogP contribution >= 0.6 is 23.4 Å². The molecule has 0 heterocycles. The summed E-state index contributed by atoms with van der Waals surface area (Å²) in [7, 11) is 0. The number of carbonyl (C=O) groups is 1. The normalized spacial score (nSPS) is 14.2. The van der Waals surface area contributed by atoms with Gasteiger partial charge in [-0.25, -0.2) is 0 Å². The smallest absolute Gasteiger partial charge is 0.230 e. The minimum atomic E-state index is 0.0457. The summed E-state index contributed by atoms with van der Waals surface area (Å²) in [6, 6.07) is 14.4. The average molecular weight is 360 g/mol. The van der Waals surface area contributed by atoms with Gasteiger partial charge in [-0.15, -0.1) is 11.8 Å². The van der Waals surface area contributed by atoms with Crippen molar-refractivity contribution in [3.05, 3.63) is 69.7 Å². The molecule has 0 fully saturated rings. The average Bonchev–Trinajstić information content (AvgIpc) is 3.04. The Morgan fingerprint density at radius 3 is 2.83 bits per heavy atom. The van der Waals surface area contributed by atoms with E-state index >= 15 is 0 Å². The number of aryl methyl sites for hydroxylation is 2. The van der Waals surface area contributed by atoms with Gasteiger partial charge in [-0.2, -0.15) is 0 Å². The van der Waals surface area contributed by atoms with E-state index in [4.69, 9.17) is 11.6 Å². The third kappa shape index (κ3) is 4.34. The molecule has 1 aliphatic rings. The molecule has 0 unspecified atom stereocenters. The van der Waals surface area contributed by atoms with Gasteiger partial charge >= 0.3 is 0 Å². The highest BCUT2D eigenvalue weighted by Gasteiger charge is 2.15. The molecule has 3 rings (SSSR count). The van der Waals surface area contributed by atoms with E-state index in [0.717, 1.165) is 22.8 Å². The van der Waals surface area contributed by atoms with Crippen molar-refractivity contribution in [3.63, 3.8) is 0 Å². The first-order valence-electron chi connectivity index (χ1n) is 8.35. The van der Waals surface area contributed by atoms with Crippen LogP contribution in [0, 0.1) is 0 Å². The van der Waals surface area contributed by atoms with E-state index < -0.39 is 0 Å². The first-order chi connectivity index (χ1) is 11.6. The summed E-state index contributed by atoms with van der Waals surface area (Å²) < 4.78 is 0. The molecule has 0 saturated carbocycles. The van der Waals surface area contributed by atoms with Crippen molar-refractivity contribution in [1.29, 1.82) is 0 Å². The molecule has 1 amide bonds. The summed E-state index contributed by atoms with van der Waals surface area (Å²) in [4.78, 5) is 12.2. The number of nitrogens with one attached hydrogen (secondary N) is 1. The number of thioether (sulfide) groups is 1. The maximum atomic E-state index is 12.2. The molecule has 126 valence electrons. The van der Waals surface area contributed by atoms with Crippen LogP contribution in [0.25, 0.3) is 0 Å². The molecule has 1 aliphatic carbocycles. The van der Waals surface area contributed by atoms with Crippen LogP contribution < -0.4 is 5.32 Å². The van der Waals surface area contributed by atoms with Crippen LogP contribution in [0.1, 0.15) is 41.6 Å². The first kappa shape index (κ1) is 17.4. The first-order valence-corrected chi connectivity index (χ1v) is 9.89. The summed E-state index contributed by atoms with van der Waals surface area (Å²) in [5.41, 5.74) is 5.18. The largest absolute Gasteiger partial charge is 0.349 e. The topological polar surface area (TPSA) is 29.1 Å². The molecule has 1 N–H and O–H groups in total. The maximum Gasteiger partial charge on any atom is 0.230 e. The molecule has 2 nitrogen and oxygen atoms in total. The number of rotatable bonds is 6. The Hall–Kier alpha value is -1.45. The second-order valence-electron chi connectivity index (χ2n) is 6.26. The highest BCUT2D eigenvalue weighted by atomic mass is 35.5. The van der Waals surface area contributed by atoms with E-state index in [1.807, 2.05) is 31.2 Å². The molecule has 0 aliphatic heterocycles. The summed E-state index contributed by atoms with van der Waals surface area (Å²) in [6.07, 6.45) is 3.60. The third-order valence-electron chi connectivity index (χ3n) is 4.45. The van der Waals surface area contributed by atoms with Gasteiger partial charge in [0.2, 0.25) is 5.91 Å². The molecule has 0 radical (unpaired) electrons. The molecular weight excluding hydrogens is 338 g/mol. The summed E-state index contributed by atoms with van der Waals surface area (Å²) in [5.74, 6) is 1.26. The van der Waals surface area contributed by atoms with E-state index in [1.165, 1.54) is 29.5 Å². The van der Waals surface area contributed by atoms with E-state index in [1.54, 1.807) is 11.8 Å². The third-order valence-corrected chi connectivity index (χ3v) is 5.80. The number of carbonyl (C=O) groups excluding carboxylic acids is 1. The number of hydrogen-bond acceptors (Lipinski definition) is 2. The number of benzene rings is 2. The lowest BCUT2D eigenvalue weighted by Crippen LogP contribution is -2.28. The zero-order valence-electron chi connectivity index (χ0n) is 13.8.